The van der Waals surface area contributed by atoms with Crippen LogP contribution in [0.2, 0.25) is 5.02 Å². The van der Waals surface area contributed by atoms with Gasteiger partial charge in [-0.1, -0.05) is 86.5 Å². The fraction of sp³-hybridized carbons (Fsp3) is 0.118. The third kappa shape index (κ3) is 3.85. The van der Waals surface area contributed by atoms with Crippen LogP contribution >= 0.6 is 44.5 Å². The molecule has 24 heavy (non-hydrogen) atoms. The minimum absolute atomic E-state index is 0.0736. The molecule has 2 aromatic carbocycles. The van der Waals surface area contributed by atoms with Crippen molar-refractivity contribution in [3.63, 3.8) is 0 Å². The molecule has 0 aliphatic carbocycles. The largest absolute Gasteiger partial charge is 0.306 e. The van der Waals surface area contributed by atoms with E-state index in [2.05, 4.69) is 31.2 Å². The first-order chi connectivity index (χ1) is 11.5. The smallest absolute Gasteiger partial charge is 0.157 e. The summed E-state index contributed by atoms with van der Waals surface area (Å²) in [5.74, 6) is 0.0736. The maximum Gasteiger partial charge on any atom is 0.157 e. The minimum Gasteiger partial charge on any atom is -0.306 e. The van der Waals surface area contributed by atoms with Gasteiger partial charge in [0.2, 0.25) is 0 Å². The van der Waals surface area contributed by atoms with Gasteiger partial charge in [0.05, 0.1) is 10.6 Å². The van der Waals surface area contributed by atoms with Gasteiger partial charge in [0.25, 0.3) is 0 Å². The zero-order valence-electron chi connectivity index (χ0n) is 12.6. The Hall–Kier alpha value is -0.890. The first-order valence-corrected chi connectivity index (χ1v) is 11.2. The molecule has 0 saturated carbocycles. The van der Waals surface area contributed by atoms with Crippen LogP contribution in [0.15, 0.2) is 42.5 Å². The Labute approximate surface area is 160 Å². The molecular formula is C17H13ClO2S4. The van der Waals surface area contributed by atoms with Crippen molar-refractivity contribution in [3.05, 3.63) is 62.4 Å². The Balaban J connectivity index is 2.10. The standard InChI is InChI=1S/C17H13ClO2S4/c1-10-2-5-12(6-3-10)15-16(22-23-17(15)21)13-7-4-11(8-14(13)18)9-24(19)20/h2-8H,9H2,1H3,(H,19,20). The second-order valence-electron chi connectivity index (χ2n) is 5.30. The van der Waals surface area contributed by atoms with Crippen LogP contribution in [0.1, 0.15) is 11.1 Å². The minimum atomic E-state index is -1.88. The molecule has 0 saturated heterocycles. The van der Waals surface area contributed by atoms with E-state index in [9.17, 15) is 4.21 Å². The Kier molecular flexibility index (Phi) is 5.64. The van der Waals surface area contributed by atoms with Gasteiger partial charge in [0.15, 0.2) is 11.1 Å². The average Bonchev–Trinajstić information content (AvgIpc) is 2.89. The monoisotopic (exact) mass is 412 g/mol. The van der Waals surface area contributed by atoms with E-state index in [0.717, 1.165) is 31.0 Å². The molecular weight excluding hydrogens is 400 g/mol. The number of aryl methyl sites for hydroxylation is 1. The van der Waals surface area contributed by atoms with Crippen molar-refractivity contribution in [3.8, 4) is 21.6 Å². The summed E-state index contributed by atoms with van der Waals surface area (Å²) in [4.78, 5) is 1.04. The molecule has 0 spiro atoms. The fourth-order valence-corrected chi connectivity index (χ4v) is 6.13. The molecule has 0 radical (unpaired) electrons. The second-order valence-corrected chi connectivity index (χ2v) is 9.46. The van der Waals surface area contributed by atoms with E-state index in [4.69, 9.17) is 28.4 Å². The summed E-state index contributed by atoms with van der Waals surface area (Å²) < 4.78 is 20.8. The Morgan fingerprint density at radius 1 is 1.17 bits per heavy atom. The highest BCUT2D eigenvalue weighted by Crippen LogP contribution is 2.43. The van der Waals surface area contributed by atoms with Crippen molar-refractivity contribution >= 4 is 55.6 Å². The van der Waals surface area contributed by atoms with E-state index in [0.29, 0.717) is 5.02 Å². The van der Waals surface area contributed by atoms with E-state index in [1.807, 2.05) is 12.1 Å². The maximum atomic E-state index is 11.0. The first kappa shape index (κ1) is 17.9. The normalized spacial score (nSPS) is 12.3. The van der Waals surface area contributed by atoms with Crippen molar-refractivity contribution < 1.29 is 8.76 Å². The molecule has 0 aliphatic rings. The molecule has 3 rings (SSSR count). The van der Waals surface area contributed by atoms with E-state index in [-0.39, 0.29) is 5.75 Å². The van der Waals surface area contributed by atoms with Crippen LogP contribution in [0.25, 0.3) is 21.6 Å². The van der Waals surface area contributed by atoms with Crippen LogP contribution in [0, 0.1) is 10.7 Å². The molecule has 0 amide bonds. The lowest BCUT2D eigenvalue weighted by molar-refractivity contribution is 0.563. The van der Waals surface area contributed by atoms with Gasteiger partial charge in [-0.05, 0) is 24.1 Å². The summed E-state index contributed by atoms with van der Waals surface area (Å²) in [7, 11) is 3.16. The molecule has 0 bridgehead atoms. The van der Waals surface area contributed by atoms with Crippen LogP contribution in [-0.2, 0) is 16.8 Å². The van der Waals surface area contributed by atoms with Crippen LogP contribution in [0.3, 0.4) is 0 Å². The van der Waals surface area contributed by atoms with Crippen LogP contribution in [0.4, 0.5) is 0 Å². The first-order valence-electron chi connectivity index (χ1n) is 7.02. The number of rotatable bonds is 4. The summed E-state index contributed by atoms with van der Waals surface area (Å²) in [6.07, 6.45) is 0. The van der Waals surface area contributed by atoms with E-state index < -0.39 is 11.1 Å². The van der Waals surface area contributed by atoms with E-state index in [1.54, 1.807) is 26.7 Å². The van der Waals surface area contributed by atoms with Crippen molar-refractivity contribution in [2.24, 2.45) is 0 Å². The van der Waals surface area contributed by atoms with Gasteiger partial charge in [0, 0.05) is 16.1 Å². The van der Waals surface area contributed by atoms with Crippen LogP contribution < -0.4 is 0 Å². The molecule has 7 heteroatoms. The lowest BCUT2D eigenvalue weighted by Crippen LogP contribution is -1.93. The average molecular weight is 413 g/mol. The molecule has 2 nitrogen and oxygen atoms in total. The predicted octanol–water partition coefficient (Wildman–Crippen LogP) is 6.56. The molecule has 1 heterocycles. The van der Waals surface area contributed by atoms with Crippen LogP contribution in [-0.4, -0.2) is 8.76 Å². The van der Waals surface area contributed by atoms with Crippen LogP contribution in [0.5, 0.6) is 0 Å². The number of hydrogen-bond donors (Lipinski definition) is 1. The second kappa shape index (κ2) is 7.56. The van der Waals surface area contributed by atoms with Gasteiger partial charge < -0.3 is 4.55 Å². The quantitative estimate of drug-likeness (QED) is 0.299. The lowest BCUT2D eigenvalue weighted by Gasteiger charge is -2.08. The summed E-state index contributed by atoms with van der Waals surface area (Å²) in [5.41, 5.74) is 4.94. The fourth-order valence-electron chi connectivity index (χ4n) is 2.38. The molecule has 1 N–H and O–H groups in total. The predicted molar refractivity (Wildman–Crippen MR) is 108 cm³/mol. The van der Waals surface area contributed by atoms with Crippen molar-refractivity contribution in [2.45, 2.75) is 12.7 Å². The van der Waals surface area contributed by atoms with Gasteiger partial charge in [-0.25, -0.2) is 4.21 Å². The lowest BCUT2D eigenvalue weighted by atomic mass is 10.0. The number of benzene rings is 2. The highest BCUT2D eigenvalue weighted by molar-refractivity contribution is 7.80. The van der Waals surface area contributed by atoms with Gasteiger partial charge in [-0.15, -0.1) is 0 Å². The third-order valence-electron chi connectivity index (χ3n) is 3.54. The molecule has 1 unspecified atom stereocenters. The highest BCUT2D eigenvalue weighted by Gasteiger charge is 2.16. The van der Waals surface area contributed by atoms with Gasteiger partial charge in [-0.3, -0.25) is 0 Å². The van der Waals surface area contributed by atoms with Gasteiger partial charge in [0.1, 0.15) is 3.82 Å². The number of halogens is 1. The van der Waals surface area contributed by atoms with Crippen molar-refractivity contribution in [1.29, 1.82) is 0 Å². The Morgan fingerprint density at radius 2 is 1.88 bits per heavy atom. The molecule has 3 aromatic rings. The Bertz CT molecular complexity index is 957. The zero-order valence-corrected chi connectivity index (χ0v) is 16.6. The highest BCUT2D eigenvalue weighted by atomic mass is 35.5. The molecule has 1 atom stereocenters. The molecule has 0 aliphatic heterocycles. The topological polar surface area (TPSA) is 37.3 Å². The maximum absolute atomic E-state index is 11.0. The molecule has 1 aromatic heterocycles. The summed E-state index contributed by atoms with van der Waals surface area (Å²) >= 11 is 10.1. The summed E-state index contributed by atoms with van der Waals surface area (Å²) in [6.45, 7) is 2.05. The Morgan fingerprint density at radius 3 is 2.50 bits per heavy atom. The zero-order chi connectivity index (χ0) is 17.3. The number of hydrogen-bond acceptors (Lipinski definition) is 4. The van der Waals surface area contributed by atoms with Crippen molar-refractivity contribution in [2.75, 3.05) is 0 Å². The van der Waals surface area contributed by atoms with Gasteiger partial charge >= 0.3 is 0 Å². The van der Waals surface area contributed by atoms with Gasteiger partial charge in [-0.2, -0.15) is 0 Å². The van der Waals surface area contributed by atoms with E-state index in [1.165, 1.54) is 5.56 Å². The van der Waals surface area contributed by atoms with E-state index >= 15 is 0 Å². The summed E-state index contributed by atoms with van der Waals surface area (Å²) in [6, 6.07) is 13.8. The molecule has 0 fully saturated rings. The molecule has 124 valence electrons. The van der Waals surface area contributed by atoms with Crippen molar-refractivity contribution in [1.82, 2.24) is 0 Å². The SMILES string of the molecule is Cc1ccc(-c2c(-c3ccc(CS(=O)O)cc3Cl)ssc2=S)cc1. The third-order valence-corrected chi connectivity index (χ3v) is 7.48. The summed E-state index contributed by atoms with van der Waals surface area (Å²) in [5, 5.41) is 0.565.